The highest BCUT2D eigenvalue weighted by Gasteiger charge is 2.10. The maximum absolute atomic E-state index is 6.03. The number of nitrogens with two attached hydrogens (primary N) is 1. The number of fused-ring (bicyclic) bond motifs is 1. The molecule has 2 N–H and O–H groups in total. The third-order valence-corrected chi connectivity index (χ3v) is 3.45. The smallest absolute Gasteiger partial charge is 0.197 e. The minimum atomic E-state index is 0.362. The summed E-state index contributed by atoms with van der Waals surface area (Å²) < 4.78 is 1.66. The number of benzene rings is 2. The Hall–Kier alpha value is -3.21. The molecule has 0 aliphatic heterocycles. The van der Waals surface area contributed by atoms with Gasteiger partial charge in [-0.05, 0) is 18.2 Å². The van der Waals surface area contributed by atoms with Crippen LogP contribution in [0.1, 0.15) is 0 Å². The predicted octanol–water partition coefficient (Wildman–Crippen LogP) is 3.06. The molecule has 0 unspecified atom stereocenters. The third-order valence-electron chi connectivity index (χ3n) is 3.45. The quantitative estimate of drug-likeness (QED) is 0.615. The van der Waals surface area contributed by atoms with Gasteiger partial charge in [0.1, 0.15) is 0 Å². The van der Waals surface area contributed by atoms with Gasteiger partial charge in [0.05, 0.1) is 16.7 Å². The van der Waals surface area contributed by atoms with Crippen LogP contribution in [0.25, 0.3) is 28.1 Å². The van der Waals surface area contributed by atoms with Crippen LogP contribution in [0, 0.1) is 0 Å². The van der Waals surface area contributed by atoms with Crippen LogP contribution >= 0.6 is 0 Å². The number of hydrogen-bond acceptors (Lipinski definition) is 4. The van der Waals surface area contributed by atoms with Crippen molar-refractivity contribution >= 4 is 16.9 Å². The van der Waals surface area contributed by atoms with Crippen LogP contribution in [0.2, 0.25) is 0 Å². The molecular weight excluding hydrogens is 274 g/mol. The van der Waals surface area contributed by atoms with Crippen molar-refractivity contribution in [2.45, 2.75) is 0 Å². The number of anilines is 1. The molecule has 5 nitrogen and oxygen atoms in total. The Labute approximate surface area is 127 Å². The molecule has 0 bridgehead atoms. The van der Waals surface area contributed by atoms with E-state index in [4.69, 9.17) is 5.73 Å². The highest BCUT2D eigenvalue weighted by Crippen LogP contribution is 2.21. The van der Waals surface area contributed by atoms with E-state index in [-0.39, 0.29) is 0 Å². The molecular formula is C17H13N5. The summed E-state index contributed by atoms with van der Waals surface area (Å²) in [6.45, 7) is 0. The number of hydrogen-bond donors (Lipinski definition) is 1. The Bertz CT molecular complexity index is 944. The van der Waals surface area contributed by atoms with E-state index in [0.29, 0.717) is 11.6 Å². The molecule has 4 rings (SSSR count). The van der Waals surface area contributed by atoms with Crippen molar-refractivity contribution in [3.8, 4) is 17.1 Å². The maximum atomic E-state index is 6.03. The van der Waals surface area contributed by atoms with Gasteiger partial charge in [-0.1, -0.05) is 42.5 Å². The summed E-state index contributed by atoms with van der Waals surface area (Å²) in [4.78, 5) is 8.95. The Kier molecular flexibility index (Phi) is 2.83. The average Bonchev–Trinajstić information content (AvgIpc) is 3.05. The monoisotopic (exact) mass is 287 g/mol. The normalized spacial score (nSPS) is 10.9. The van der Waals surface area contributed by atoms with Crippen LogP contribution in [0.4, 0.5) is 5.82 Å². The summed E-state index contributed by atoms with van der Waals surface area (Å²) in [7, 11) is 0. The molecule has 0 atom stereocenters. The van der Waals surface area contributed by atoms with Gasteiger partial charge in [0, 0.05) is 11.8 Å². The van der Waals surface area contributed by atoms with Gasteiger partial charge < -0.3 is 5.73 Å². The maximum Gasteiger partial charge on any atom is 0.197 e. The minimum absolute atomic E-state index is 0.362. The Morgan fingerprint density at radius 1 is 0.773 bits per heavy atom. The lowest BCUT2D eigenvalue weighted by Gasteiger charge is -2.05. The molecule has 0 saturated heterocycles. The topological polar surface area (TPSA) is 69.6 Å². The summed E-state index contributed by atoms with van der Waals surface area (Å²) in [5.41, 5.74) is 9.52. The highest BCUT2D eigenvalue weighted by atomic mass is 15.3. The van der Waals surface area contributed by atoms with Gasteiger partial charge in [-0.25, -0.2) is 14.6 Å². The second-order valence-corrected chi connectivity index (χ2v) is 4.93. The van der Waals surface area contributed by atoms with E-state index in [1.165, 1.54) is 0 Å². The zero-order chi connectivity index (χ0) is 14.9. The van der Waals surface area contributed by atoms with E-state index < -0.39 is 0 Å². The SMILES string of the molecule is Nc1nc2ccccc2nc1-n1ccc(-c2ccccc2)n1. The zero-order valence-corrected chi connectivity index (χ0v) is 11.7. The van der Waals surface area contributed by atoms with Crippen molar-refractivity contribution in [2.75, 3.05) is 5.73 Å². The van der Waals surface area contributed by atoms with Crippen LogP contribution < -0.4 is 5.73 Å². The first kappa shape index (κ1) is 12.5. The second kappa shape index (κ2) is 4.96. The molecule has 22 heavy (non-hydrogen) atoms. The predicted molar refractivity (Wildman–Crippen MR) is 86.5 cm³/mol. The second-order valence-electron chi connectivity index (χ2n) is 4.93. The average molecular weight is 287 g/mol. The number of nitrogen functional groups attached to an aromatic ring is 1. The molecule has 0 spiro atoms. The first-order valence-electron chi connectivity index (χ1n) is 6.95. The van der Waals surface area contributed by atoms with E-state index in [2.05, 4.69) is 15.1 Å². The van der Waals surface area contributed by atoms with Crippen molar-refractivity contribution in [1.29, 1.82) is 0 Å². The third kappa shape index (κ3) is 2.09. The summed E-state index contributed by atoms with van der Waals surface area (Å²) >= 11 is 0. The van der Waals surface area contributed by atoms with Gasteiger partial charge in [0.25, 0.3) is 0 Å². The van der Waals surface area contributed by atoms with Crippen LogP contribution in [0.3, 0.4) is 0 Å². The van der Waals surface area contributed by atoms with Crippen LogP contribution in [-0.2, 0) is 0 Å². The number of para-hydroxylation sites is 2. The first-order chi connectivity index (χ1) is 10.8. The summed E-state index contributed by atoms with van der Waals surface area (Å²) in [6.07, 6.45) is 1.84. The largest absolute Gasteiger partial charge is 0.381 e. The Morgan fingerprint density at radius 2 is 1.45 bits per heavy atom. The van der Waals surface area contributed by atoms with Crippen LogP contribution in [0.15, 0.2) is 66.9 Å². The Balaban J connectivity index is 1.82. The number of nitrogens with zero attached hydrogens (tertiary/aromatic N) is 4. The Morgan fingerprint density at radius 3 is 2.23 bits per heavy atom. The fourth-order valence-corrected chi connectivity index (χ4v) is 2.38. The first-order valence-corrected chi connectivity index (χ1v) is 6.95. The van der Waals surface area contributed by atoms with Crippen LogP contribution in [0.5, 0.6) is 0 Å². The zero-order valence-electron chi connectivity index (χ0n) is 11.7. The fourth-order valence-electron chi connectivity index (χ4n) is 2.38. The molecule has 0 saturated carbocycles. The standard InChI is InChI=1S/C17H13N5/c18-16-17(20-15-9-5-4-8-14(15)19-16)22-11-10-13(21-22)12-6-2-1-3-7-12/h1-11H,(H2,18,19). The molecule has 2 aromatic carbocycles. The lowest BCUT2D eigenvalue weighted by Crippen LogP contribution is -2.06. The van der Waals surface area contributed by atoms with E-state index in [0.717, 1.165) is 22.3 Å². The van der Waals surface area contributed by atoms with Gasteiger partial charge in [-0.2, -0.15) is 5.10 Å². The number of aromatic nitrogens is 4. The van der Waals surface area contributed by atoms with Crippen molar-refractivity contribution in [2.24, 2.45) is 0 Å². The molecule has 0 amide bonds. The molecule has 2 heterocycles. The van der Waals surface area contributed by atoms with Gasteiger partial charge >= 0.3 is 0 Å². The van der Waals surface area contributed by atoms with Gasteiger partial charge in [0.2, 0.25) is 0 Å². The summed E-state index contributed by atoms with van der Waals surface area (Å²) in [6, 6.07) is 19.6. The van der Waals surface area contributed by atoms with Crippen molar-refractivity contribution in [3.05, 3.63) is 66.9 Å². The summed E-state index contributed by atoms with van der Waals surface area (Å²) in [5.74, 6) is 0.905. The van der Waals surface area contributed by atoms with Gasteiger partial charge in [0.15, 0.2) is 11.6 Å². The van der Waals surface area contributed by atoms with E-state index >= 15 is 0 Å². The number of rotatable bonds is 2. The molecule has 0 fully saturated rings. The van der Waals surface area contributed by atoms with Gasteiger partial charge in [-0.3, -0.25) is 0 Å². The van der Waals surface area contributed by atoms with E-state index in [9.17, 15) is 0 Å². The summed E-state index contributed by atoms with van der Waals surface area (Å²) in [5, 5.41) is 4.55. The molecule has 0 aliphatic rings. The van der Waals surface area contributed by atoms with Crippen LogP contribution in [-0.4, -0.2) is 19.7 Å². The van der Waals surface area contributed by atoms with E-state index in [1.807, 2.05) is 66.9 Å². The molecule has 0 radical (unpaired) electrons. The van der Waals surface area contributed by atoms with Crippen molar-refractivity contribution in [1.82, 2.24) is 19.7 Å². The molecule has 0 aliphatic carbocycles. The van der Waals surface area contributed by atoms with Crippen molar-refractivity contribution in [3.63, 3.8) is 0 Å². The molecule has 2 aromatic heterocycles. The van der Waals surface area contributed by atoms with E-state index in [1.54, 1.807) is 4.68 Å². The minimum Gasteiger partial charge on any atom is -0.381 e. The lowest BCUT2D eigenvalue weighted by atomic mass is 10.2. The molecule has 106 valence electrons. The molecule has 5 heteroatoms. The lowest BCUT2D eigenvalue weighted by molar-refractivity contribution is 0.853. The van der Waals surface area contributed by atoms with Gasteiger partial charge in [-0.15, -0.1) is 0 Å². The molecule has 4 aromatic rings. The fraction of sp³-hybridized carbons (Fsp3) is 0. The highest BCUT2D eigenvalue weighted by molar-refractivity contribution is 5.77. The van der Waals surface area contributed by atoms with Crippen molar-refractivity contribution < 1.29 is 0 Å².